The molecular formula is C14H23ClN2O2. The van der Waals surface area contributed by atoms with Crippen molar-refractivity contribution in [2.75, 3.05) is 13.2 Å². The Bertz CT molecular complexity index is 359. The van der Waals surface area contributed by atoms with E-state index in [4.69, 9.17) is 10.5 Å². The zero-order chi connectivity index (χ0) is 13.4. The number of amides is 1. The first-order valence-electron chi connectivity index (χ1n) is 6.34. The molecular weight excluding hydrogens is 264 g/mol. The molecule has 19 heavy (non-hydrogen) atoms. The average Bonchev–Trinajstić information content (AvgIpc) is 2.44. The van der Waals surface area contributed by atoms with Crippen molar-refractivity contribution in [1.29, 1.82) is 0 Å². The normalized spacial score (nSPS) is 10.5. The van der Waals surface area contributed by atoms with Gasteiger partial charge in [-0.1, -0.05) is 32.0 Å². The zero-order valence-corrected chi connectivity index (χ0v) is 12.3. The summed E-state index contributed by atoms with van der Waals surface area (Å²) in [6, 6.07) is 9.29. The molecule has 108 valence electrons. The van der Waals surface area contributed by atoms with Crippen LogP contribution < -0.4 is 15.8 Å². The second kappa shape index (κ2) is 8.77. The van der Waals surface area contributed by atoms with Crippen LogP contribution in [0.15, 0.2) is 30.3 Å². The topological polar surface area (TPSA) is 64.3 Å². The maximum absolute atomic E-state index is 11.8. The number of rotatable bonds is 7. The number of nitrogens with two attached hydrogens (primary N) is 1. The van der Waals surface area contributed by atoms with E-state index in [0.29, 0.717) is 12.3 Å². The predicted molar refractivity (Wildman–Crippen MR) is 79.7 cm³/mol. The van der Waals surface area contributed by atoms with E-state index in [-0.39, 0.29) is 30.5 Å². The Labute approximate surface area is 121 Å². The standard InChI is InChI=1S/C14H22N2O2.ClH/c1-3-14(4-2,11-15)16-13(17)10-18-12-8-6-5-7-9-12;/h5-9H,3-4,10-11,15H2,1-2H3,(H,16,17);1H. The van der Waals surface area contributed by atoms with Crippen LogP contribution in [0.3, 0.4) is 0 Å². The second-order valence-corrected chi connectivity index (χ2v) is 4.34. The summed E-state index contributed by atoms with van der Waals surface area (Å²) in [7, 11) is 0. The summed E-state index contributed by atoms with van der Waals surface area (Å²) >= 11 is 0. The van der Waals surface area contributed by atoms with Crippen molar-refractivity contribution in [2.45, 2.75) is 32.2 Å². The largest absolute Gasteiger partial charge is 0.484 e. The molecule has 0 unspecified atom stereocenters. The zero-order valence-electron chi connectivity index (χ0n) is 11.5. The summed E-state index contributed by atoms with van der Waals surface area (Å²) < 4.78 is 5.39. The van der Waals surface area contributed by atoms with E-state index in [2.05, 4.69) is 5.32 Å². The molecule has 0 radical (unpaired) electrons. The molecule has 1 aromatic rings. The Balaban J connectivity index is 0.00000324. The van der Waals surface area contributed by atoms with Crippen LogP contribution in [0.4, 0.5) is 0 Å². The second-order valence-electron chi connectivity index (χ2n) is 4.34. The van der Waals surface area contributed by atoms with Crippen LogP contribution in [0, 0.1) is 0 Å². The first-order chi connectivity index (χ1) is 8.65. The minimum atomic E-state index is -0.308. The van der Waals surface area contributed by atoms with Crippen molar-refractivity contribution in [3.63, 3.8) is 0 Å². The molecule has 1 amide bonds. The van der Waals surface area contributed by atoms with Crippen molar-refractivity contribution in [3.05, 3.63) is 30.3 Å². The molecule has 0 heterocycles. The molecule has 3 N–H and O–H groups in total. The maximum atomic E-state index is 11.8. The third-order valence-corrected chi connectivity index (χ3v) is 3.26. The van der Waals surface area contributed by atoms with Crippen LogP contribution in [0.1, 0.15) is 26.7 Å². The summed E-state index contributed by atoms with van der Waals surface area (Å²) in [5.41, 5.74) is 5.42. The van der Waals surface area contributed by atoms with E-state index in [1.165, 1.54) is 0 Å². The van der Waals surface area contributed by atoms with Gasteiger partial charge in [0.2, 0.25) is 0 Å². The van der Waals surface area contributed by atoms with Crippen molar-refractivity contribution in [3.8, 4) is 5.75 Å². The number of hydrogen-bond donors (Lipinski definition) is 2. The number of halogens is 1. The van der Waals surface area contributed by atoms with E-state index < -0.39 is 0 Å². The molecule has 1 rings (SSSR count). The van der Waals surface area contributed by atoms with Crippen molar-refractivity contribution in [2.24, 2.45) is 5.73 Å². The Kier molecular flexibility index (Phi) is 8.19. The number of carbonyl (C=O) groups excluding carboxylic acids is 1. The Morgan fingerprint density at radius 1 is 1.26 bits per heavy atom. The molecule has 0 atom stereocenters. The monoisotopic (exact) mass is 286 g/mol. The van der Waals surface area contributed by atoms with Gasteiger partial charge in [0.25, 0.3) is 5.91 Å². The SMILES string of the molecule is CCC(CC)(CN)NC(=O)COc1ccccc1.Cl. The highest BCUT2D eigenvalue weighted by Crippen LogP contribution is 2.13. The Hall–Kier alpha value is -1.26. The number of benzene rings is 1. The lowest BCUT2D eigenvalue weighted by molar-refractivity contribution is -0.125. The third kappa shape index (κ3) is 5.49. The van der Waals surface area contributed by atoms with Crippen LogP contribution in [0.25, 0.3) is 0 Å². The number of hydrogen-bond acceptors (Lipinski definition) is 3. The molecule has 4 nitrogen and oxygen atoms in total. The van der Waals surface area contributed by atoms with E-state index in [1.54, 1.807) is 0 Å². The minimum absolute atomic E-state index is 0. The van der Waals surface area contributed by atoms with Crippen LogP contribution in [-0.2, 0) is 4.79 Å². The van der Waals surface area contributed by atoms with E-state index in [9.17, 15) is 4.79 Å². The summed E-state index contributed by atoms with van der Waals surface area (Å²) in [5, 5.41) is 2.96. The summed E-state index contributed by atoms with van der Waals surface area (Å²) in [4.78, 5) is 11.8. The molecule has 1 aromatic carbocycles. The van der Waals surface area contributed by atoms with Crippen molar-refractivity contribution in [1.82, 2.24) is 5.32 Å². The summed E-state index contributed by atoms with van der Waals surface area (Å²) in [5.74, 6) is 0.562. The lowest BCUT2D eigenvalue weighted by Crippen LogP contribution is -2.54. The quantitative estimate of drug-likeness (QED) is 0.807. The summed E-state index contributed by atoms with van der Waals surface area (Å²) in [6.07, 6.45) is 1.63. The molecule has 0 bridgehead atoms. The van der Waals surface area contributed by atoms with Crippen LogP contribution >= 0.6 is 12.4 Å². The van der Waals surface area contributed by atoms with Gasteiger partial charge < -0.3 is 15.8 Å². The fraction of sp³-hybridized carbons (Fsp3) is 0.500. The van der Waals surface area contributed by atoms with Gasteiger partial charge in [-0.15, -0.1) is 12.4 Å². The summed E-state index contributed by atoms with van der Waals surface area (Å²) in [6.45, 7) is 4.51. The van der Waals surface area contributed by atoms with E-state index in [0.717, 1.165) is 12.8 Å². The van der Waals surface area contributed by atoms with Gasteiger partial charge in [-0.25, -0.2) is 0 Å². The molecule has 0 fully saturated rings. The lowest BCUT2D eigenvalue weighted by atomic mass is 9.93. The Morgan fingerprint density at radius 3 is 2.32 bits per heavy atom. The number of nitrogens with one attached hydrogen (secondary N) is 1. The third-order valence-electron chi connectivity index (χ3n) is 3.26. The number of carbonyl (C=O) groups is 1. The lowest BCUT2D eigenvalue weighted by Gasteiger charge is -2.31. The molecule has 0 aliphatic rings. The van der Waals surface area contributed by atoms with Gasteiger partial charge in [0.1, 0.15) is 5.75 Å². The van der Waals surface area contributed by atoms with Crippen LogP contribution in [0.2, 0.25) is 0 Å². The van der Waals surface area contributed by atoms with Crippen molar-refractivity contribution < 1.29 is 9.53 Å². The molecule has 0 spiro atoms. The van der Waals surface area contributed by atoms with E-state index >= 15 is 0 Å². The smallest absolute Gasteiger partial charge is 0.258 e. The fourth-order valence-corrected chi connectivity index (χ4v) is 1.76. The van der Waals surface area contributed by atoms with Gasteiger partial charge in [-0.2, -0.15) is 0 Å². The first kappa shape index (κ1) is 17.7. The molecule has 0 aromatic heterocycles. The maximum Gasteiger partial charge on any atom is 0.258 e. The average molecular weight is 287 g/mol. The van der Waals surface area contributed by atoms with Gasteiger partial charge in [0.15, 0.2) is 6.61 Å². The molecule has 0 saturated heterocycles. The minimum Gasteiger partial charge on any atom is -0.484 e. The van der Waals surface area contributed by atoms with Crippen molar-refractivity contribution >= 4 is 18.3 Å². The van der Waals surface area contributed by atoms with Gasteiger partial charge in [-0.05, 0) is 25.0 Å². The van der Waals surface area contributed by atoms with Crippen LogP contribution in [0.5, 0.6) is 5.75 Å². The molecule has 5 heteroatoms. The highest BCUT2D eigenvalue weighted by molar-refractivity contribution is 5.85. The highest BCUT2D eigenvalue weighted by atomic mass is 35.5. The Morgan fingerprint density at radius 2 is 1.84 bits per heavy atom. The molecule has 0 saturated carbocycles. The van der Waals surface area contributed by atoms with E-state index in [1.807, 2.05) is 44.2 Å². The first-order valence-corrected chi connectivity index (χ1v) is 6.34. The molecule has 0 aliphatic carbocycles. The molecule has 0 aliphatic heterocycles. The fourth-order valence-electron chi connectivity index (χ4n) is 1.76. The highest BCUT2D eigenvalue weighted by Gasteiger charge is 2.26. The van der Waals surface area contributed by atoms with Gasteiger partial charge in [-0.3, -0.25) is 4.79 Å². The van der Waals surface area contributed by atoms with Gasteiger partial charge in [0, 0.05) is 6.54 Å². The van der Waals surface area contributed by atoms with Gasteiger partial charge >= 0.3 is 0 Å². The number of ether oxygens (including phenoxy) is 1. The van der Waals surface area contributed by atoms with Gasteiger partial charge in [0.05, 0.1) is 5.54 Å². The van der Waals surface area contributed by atoms with Crippen LogP contribution in [-0.4, -0.2) is 24.6 Å². The number of para-hydroxylation sites is 1. The predicted octanol–water partition coefficient (Wildman–Crippen LogP) is 2.12.